The summed E-state index contributed by atoms with van der Waals surface area (Å²) >= 11 is 0. The zero-order valence-corrected chi connectivity index (χ0v) is 9.12. The van der Waals surface area contributed by atoms with Gasteiger partial charge in [0.05, 0.1) is 0 Å². The molecule has 0 aromatic carbocycles. The summed E-state index contributed by atoms with van der Waals surface area (Å²) in [6.45, 7) is 6.36. The zero-order valence-electron chi connectivity index (χ0n) is 9.12. The lowest BCUT2D eigenvalue weighted by molar-refractivity contribution is -0.128. The highest BCUT2D eigenvalue weighted by molar-refractivity contribution is 5.80. The number of likely N-dealkylation sites (tertiary alicyclic amines) is 1. The standard InChI is InChI=1S/C11H20N2O/c1-8(2)6-12-9-5-11(14)13(7-9)10-3-4-10/h8-10,12H,3-7H2,1-2H3. The van der Waals surface area contributed by atoms with E-state index in [1.165, 1.54) is 12.8 Å². The second-order valence-corrected chi connectivity index (χ2v) is 4.98. The van der Waals surface area contributed by atoms with E-state index in [4.69, 9.17) is 0 Å². The molecule has 0 radical (unpaired) electrons. The van der Waals surface area contributed by atoms with Gasteiger partial charge < -0.3 is 10.2 Å². The molecular weight excluding hydrogens is 176 g/mol. The maximum absolute atomic E-state index is 11.6. The van der Waals surface area contributed by atoms with Crippen LogP contribution in [0.1, 0.15) is 33.1 Å². The Bertz CT molecular complexity index is 223. The molecule has 1 aliphatic carbocycles. The summed E-state index contributed by atoms with van der Waals surface area (Å²) in [5, 5.41) is 3.46. The van der Waals surface area contributed by atoms with Crippen molar-refractivity contribution in [3.8, 4) is 0 Å². The molecule has 0 bridgehead atoms. The van der Waals surface area contributed by atoms with Crippen LogP contribution in [0.25, 0.3) is 0 Å². The lowest BCUT2D eigenvalue weighted by Gasteiger charge is -2.16. The molecule has 1 aliphatic heterocycles. The Kier molecular flexibility index (Phi) is 2.77. The van der Waals surface area contributed by atoms with Crippen LogP contribution in [0, 0.1) is 5.92 Å². The fourth-order valence-corrected chi connectivity index (χ4v) is 2.01. The Balaban J connectivity index is 1.77. The van der Waals surface area contributed by atoms with E-state index in [1.807, 2.05) is 0 Å². The predicted octanol–water partition coefficient (Wildman–Crippen LogP) is 0.995. The van der Waals surface area contributed by atoms with Gasteiger partial charge in [0.15, 0.2) is 0 Å². The van der Waals surface area contributed by atoms with Gasteiger partial charge in [0.2, 0.25) is 5.91 Å². The van der Waals surface area contributed by atoms with Crippen molar-refractivity contribution >= 4 is 5.91 Å². The van der Waals surface area contributed by atoms with Gasteiger partial charge in [-0.2, -0.15) is 0 Å². The van der Waals surface area contributed by atoms with Gasteiger partial charge in [-0.1, -0.05) is 13.8 Å². The molecule has 2 fully saturated rings. The second kappa shape index (κ2) is 3.89. The van der Waals surface area contributed by atoms with Crippen LogP contribution in [-0.4, -0.2) is 36.0 Å². The lowest BCUT2D eigenvalue weighted by atomic mass is 10.2. The van der Waals surface area contributed by atoms with Crippen LogP contribution in [0.5, 0.6) is 0 Å². The van der Waals surface area contributed by atoms with Crippen LogP contribution in [-0.2, 0) is 4.79 Å². The summed E-state index contributed by atoms with van der Waals surface area (Å²) in [6.07, 6.45) is 3.16. The van der Waals surface area contributed by atoms with Crippen molar-refractivity contribution in [1.29, 1.82) is 0 Å². The SMILES string of the molecule is CC(C)CNC1CC(=O)N(C2CC2)C1. The number of hydrogen-bond acceptors (Lipinski definition) is 2. The second-order valence-electron chi connectivity index (χ2n) is 4.98. The van der Waals surface area contributed by atoms with Crippen molar-refractivity contribution in [1.82, 2.24) is 10.2 Å². The number of carbonyl (C=O) groups excluding carboxylic acids is 1. The van der Waals surface area contributed by atoms with E-state index in [2.05, 4.69) is 24.1 Å². The first-order valence-electron chi connectivity index (χ1n) is 5.69. The molecule has 0 spiro atoms. The third-order valence-corrected chi connectivity index (χ3v) is 2.96. The van der Waals surface area contributed by atoms with E-state index >= 15 is 0 Å². The molecule has 1 atom stereocenters. The first kappa shape index (κ1) is 9.97. The van der Waals surface area contributed by atoms with E-state index in [0.29, 0.717) is 30.3 Å². The van der Waals surface area contributed by atoms with Crippen LogP contribution in [0.15, 0.2) is 0 Å². The van der Waals surface area contributed by atoms with Crippen LogP contribution in [0.3, 0.4) is 0 Å². The lowest BCUT2D eigenvalue weighted by Crippen LogP contribution is -2.35. The van der Waals surface area contributed by atoms with Crippen LogP contribution in [0.2, 0.25) is 0 Å². The minimum Gasteiger partial charge on any atom is -0.338 e. The molecule has 2 aliphatic rings. The van der Waals surface area contributed by atoms with Gasteiger partial charge >= 0.3 is 0 Å². The Morgan fingerprint density at radius 1 is 1.50 bits per heavy atom. The Labute approximate surface area is 85.8 Å². The molecule has 0 aromatic rings. The summed E-state index contributed by atoms with van der Waals surface area (Å²) in [4.78, 5) is 13.7. The molecule has 14 heavy (non-hydrogen) atoms. The van der Waals surface area contributed by atoms with Gasteiger partial charge in [-0.25, -0.2) is 0 Å². The summed E-state index contributed by atoms with van der Waals surface area (Å²) in [7, 11) is 0. The summed E-state index contributed by atoms with van der Waals surface area (Å²) in [5.74, 6) is 1.02. The molecule has 1 unspecified atom stereocenters. The highest BCUT2D eigenvalue weighted by Crippen LogP contribution is 2.30. The van der Waals surface area contributed by atoms with Gasteiger partial charge in [-0.05, 0) is 25.3 Å². The molecule has 2 rings (SSSR count). The first-order chi connectivity index (χ1) is 6.66. The van der Waals surface area contributed by atoms with Crippen molar-refractivity contribution < 1.29 is 4.79 Å². The predicted molar refractivity (Wildman–Crippen MR) is 56.0 cm³/mol. The van der Waals surface area contributed by atoms with Crippen LogP contribution in [0.4, 0.5) is 0 Å². The Morgan fingerprint density at radius 3 is 2.79 bits per heavy atom. The molecule has 1 amide bonds. The number of carbonyl (C=O) groups is 1. The van der Waals surface area contributed by atoms with Gasteiger partial charge in [0.25, 0.3) is 0 Å². The maximum atomic E-state index is 11.6. The van der Waals surface area contributed by atoms with Crippen LogP contribution < -0.4 is 5.32 Å². The summed E-state index contributed by atoms with van der Waals surface area (Å²) in [6, 6.07) is 0.999. The number of nitrogens with zero attached hydrogens (tertiary/aromatic N) is 1. The fourth-order valence-electron chi connectivity index (χ4n) is 2.01. The van der Waals surface area contributed by atoms with E-state index in [9.17, 15) is 4.79 Å². The van der Waals surface area contributed by atoms with Crippen molar-refractivity contribution in [2.24, 2.45) is 5.92 Å². The van der Waals surface area contributed by atoms with Gasteiger partial charge in [-0.3, -0.25) is 4.79 Å². The molecule has 1 saturated carbocycles. The number of rotatable bonds is 4. The molecule has 80 valence electrons. The third kappa shape index (κ3) is 2.27. The number of nitrogens with one attached hydrogen (secondary N) is 1. The smallest absolute Gasteiger partial charge is 0.224 e. The minimum absolute atomic E-state index is 0.355. The van der Waals surface area contributed by atoms with Crippen molar-refractivity contribution in [3.05, 3.63) is 0 Å². The minimum atomic E-state index is 0.355. The average Bonchev–Trinajstić information content (AvgIpc) is 2.88. The first-order valence-corrected chi connectivity index (χ1v) is 5.69. The highest BCUT2D eigenvalue weighted by atomic mass is 16.2. The van der Waals surface area contributed by atoms with E-state index < -0.39 is 0 Å². The molecule has 1 heterocycles. The van der Waals surface area contributed by atoms with Gasteiger partial charge in [-0.15, -0.1) is 0 Å². The monoisotopic (exact) mass is 196 g/mol. The molecule has 0 aromatic heterocycles. The third-order valence-electron chi connectivity index (χ3n) is 2.96. The Hall–Kier alpha value is -0.570. The molecule has 1 N–H and O–H groups in total. The van der Waals surface area contributed by atoms with E-state index in [1.54, 1.807) is 0 Å². The van der Waals surface area contributed by atoms with Crippen molar-refractivity contribution in [2.75, 3.05) is 13.1 Å². The summed E-state index contributed by atoms with van der Waals surface area (Å²) in [5.41, 5.74) is 0. The molecular formula is C11H20N2O. The maximum Gasteiger partial charge on any atom is 0.224 e. The number of amides is 1. The number of hydrogen-bond donors (Lipinski definition) is 1. The quantitative estimate of drug-likeness (QED) is 0.727. The molecule has 3 nitrogen and oxygen atoms in total. The van der Waals surface area contributed by atoms with E-state index in [0.717, 1.165) is 13.1 Å². The van der Waals surface area contributed by atoms with Gasteiger partial charge in [0, 0.05) is 25.0 Å². The Morgan fingerprint density at radius 2 is 2.21 bits per heavy atom. The van der Waals surface area contributed by atoms with Crippen molar-refractivity contribution in [3.63, 3.8) is 0 Å². The average molecular weight is 196 g/mol. The normalized spacial score (nSPS) is 27.8. The highest BCUT2D eigenvalue weighted by Gasteiger charge is 2.38. The van der Waals surface area contributed by atoms with E-state index in [-0.39, 0.29) is 0 Å². The topological polar surface area (TPSA) is 32.3 Å². The molecule has 1 saturated heterocycles. The van der Waals surface area contributed by atoms with Crippen molar-refractivity contribution in [2.45, 2.75) is 45.2 Å². The van der Waals surface area contributed by atoms with Gasteiger partial charge in [0.1, 0.15) is 0 Å². The molecule has 3 heteroatoms. The largest absolute Gasteiger partial charge is 0.338 e. The van der Waals surface area contributed by atoms with Crippen LogP contribution >= 0.6 is 0 Å². The summed E-state index contributed by atoms with van der Waals surface area (Å²) < 4.78 is 0. The zero-order chi connectivity index (χ0) is 10.1. The fraction of sp³-hybridized carbons (Fsp3) is 0.909.